The van der Waals surface area contributed by atoms with Crippen LogP contribution in [0.5, 0.6) is 0 Å². The third-order valence-electron chi connectivity index (χ3n) is 3.42. The highest BCUT2D eigenvalue weighted by Crippen LogP contribution is 2.27. The molecule has 1 saturated heterocycles. The summed E-state index contributed by atoms with van der Waals surface area (Å²) in [4.78, 5) is 13.1. The van der Waals surface area contributed by atoms with Gasteiger partial charge in [-0.2, -0.15) is 13.2 Å². The molecule has 0 bridgehead atoms. The van der Waals surface area contributed by atoms with E-state index in [0.29, 0.717) is 25.9 Å². The molecule has 1 aromatic carbocycles. The Kier molecular flexibility index (Phi) is 4.24. The van der Waals surface area contributed by atoms with E-state index in [1.807, 2.05) is 30.3 Å². The highest BCUT2D eigenvalue weighted by Gasteiger charge is 2.45. The number of likely N-dealkylation sites (tertiary alicyclic amines) is 1. The minimum atomic E-state index is -4.74. The van der Waals surface area contributed by atoms with Crippen molar-refractivity contribution in [3.63, 3.8) is 0 Å². The first-order chi connectivity index (χ1) is 8.98. The molecule has 0 aliphatic carbocycles. The lowest BCUT2D eigenvalue weighted by Crippen LogP contribution is -2.48. The molecule has 0 saturated carbocycles. The first-order valence-electron chi connectivity index (χ1n) is 6.37. The van der Waals surface area contributed by atoms with Crippen molar-refractivity contribution in [3.05, 3.63) is 35.9 Å². The van der Waals surface area contributed by atoms with E-state index >= 15 is 0 Å². The highest BCUT2D eigenvalue weighted by atomic mass is 19.4. The number of carbonyl (C=O) groups excluding carboxylic acids is 1. The maximum atomic E-state index is 12.6. The van der Waals surface area contributed by atoms with Crippen molar-refractivity contribution in [2.45, 2.75) is 38.0 Å². The van der Waals surface area contributed by atoms with E-state index < -0.39 is 18.0 Å². The number of benzene rings is 1. The van der Waals surface area contributed by atoms with Gasteiger partial charge in [0.25, 0.3) is 5.78 Å². The van der Waals surface area contributed by atoms with Gasteiger partial charge in [-0.1, -0.05) is 36.8 Å². The van der Waals surface area contributed by atoms with Crippen LogP contribution in [-0.4, -0.2) is 29.4 Å². The minimum absolute atomic E-state index is 0.297. The van der Waals surface area contributed by atoms with Crippen molar-refractivity contribution in [2.75, 3.05) is 6.54 Å². The van der Waals surface area contributed by atoms with Crippen molar-refractivity contribution in [1.29, 1.82) is 0 Å². The van der Waals surface area contributed by atoms with Crippen LogP contribution in [0, 0.1) is 0 Å². The van der Waals surface area contributed by atoms with Crippen LogP contribution >= 0.6 is 0 Å². The van der Waals surface area contributed by atoms with Crippen molar-refractivity contribution in [1.82, 2.24) is 4.90 Å². The lowest BCUT2D eigenvalue weighted by molar-refractivity contribution is -0.178. The quantitative estimate of drug-likeness (QED) is 0.841. The van der Waals surface area contributed by atoms with Crippen molar-refractivity contribution < 1.29 is 18.0 Å². The van der Waals surface area contributed by atoms with Crippen LogP contribution in [-0.2, 0) is 11.3 Å². The molecule has 2 nitrogen and oxygen atoms in total. The van der Waals surface area contributed by atoms with Crippen molar-refractivity contribution >= 4 is 5.78 Å². The topological polar surface area (TPSA) is 20.3 Å². The fourth-order valence-corrected chi connectivity index (χ4v) is 2.48. The molecule has 1 unspecified atom stereocenters. The molecule has 0 aromatic heterocycles. The highest BCUT2D eigenvalue weighted by molar-refractivity contribution is 5.89. The number of alkyl halides is 3. The van der Waals surface area contributed by atoms with Gasteiger partial charge in [-0.15, -0.1) is 0 Å². The Balaban J connectivity index is 2.10. The summed E-state index contributed by atoms with van der Waals surface area (Å²) in [6, 6.07) is 8.26. The molecule has 0 amide bonds. The third kappa shape index (κ3) is 3.56. The van der Waals surface area contributed by atoms with Crippen molar-refractivity contribution in [2.24, 2.45) is 0 Å². The Morgan fingerprint density at radius 3 is 2.53 bits per heavy atom. The van der Waals surface area contributed by atoms with Gasteiger partial charge in [-0.3, -0.25) is 9.69 Å². The van der Waals surface area contributed by atoms with Gasteiger partial charge in [-0.05, 0) is 24.9 Å². The fraction of sp³-hybridized carbons (Fsp3) is 0.500. The zero-order valence-electron chi connectivity index (χ0n) is 10.5. The summed E-state index contributed by atoms with van der Waals surface area (Å²) in [6.45, 7) is 0.939. The first-order valence-corrected chi connectivity index (χ1v) is 6.37. The predicted molar refractivity (Wildman–Crippen MR) is 65.6 cm³/mol. The molecule has 0 spiro atoms. The smallest absolute Gasteiger partial charge is 0.289 e. The molecule has 1 aliphatic heterocycles. The largest absolute Gasteiger partial charge is 0.451 e. The number of carbonyl (C=O) groups is 1. The Morgan fingerprint density at radius 2 is 1.89 bits per heavy atom. The SMILES string of the molecule is O=C(C1CCCCN1Cc1ccccc1)C(F)(F)F. The summed E-state index contributed by atoms with van der Waals surface area (Å²) in [7, 11) is 0. The van der Waals surface area contributed by atoms with Crippen LogP contribution in [0.1, 0.15) is 24.8 Å². The van der Waals surface area contributed by atoms with E-state index in [1.165, 1.54) is 0 Å². The molecule has 1 heterocycles. The summed E-state index contributed by atoms with van der Waals surface area (Å²) >= 11 is 0. The molecule has 2 rings (SSSR count). The maximum absolute atomic E-state index is 12.6. The lowest BCUT2D eigenvalue weighted by atomic mass is 9.97. The van der Waals surface area contributed by atoms with E-state index in [2.05, 4.69) is 0 Å². The van der Waals surface area contributed by atoms with Gasteiger partial charge in [-0.25, -0.2) is 0 Å². The van der Waals surface area contributed by atoms with Crippen LogP contribution in [0.4, 0.5) is 13.2 Å². The summed E-state index contributed by atoms with van der Waals surface area (Å²) in [6.07, 6.45) is -2.92. The Morgan fingerprint density at radius 1 is 1.21 bits per heavy atom. The fourth-order valence-electron chi connectivity index (χ4n) is 2.48. The summed E-state index contributed by atoms with van der Waals surface area (Å²) in [5, 5.41) is 0. The lowest BCUT2D eigenvalue weighted by Gasteiger charge is -2.34. The molecule has 1 fully saturated rings. The van der Waals surface area contributed by atoms with Gasteiger partial charge in [0.1, 0.15) is 0 Å². The molecule has 5 heteroatoms. The maximum Gasteiger partial charge on any atom is 0.451 e. The molecule has 104 valence electrons. The number of rotatable bonds is 3. The summed E-state index contributed by atoms with van der Waals surface area (Å²) in [5.74, 6) is -1.61. The minimum Gasteiger partial charge on any atom is -0.289 e. The molecule has 0 radical (unpaired) electrons. The van der Waals surface area contributed by atoms with Gasteiger partial charge < -0.3 is 0 Å². The van der Waals surface area contributed by atoms with Gasteiger partial charge in [0, 0.05) is 6.54 Å². The second kappa shape index (κ2) is 5.74. The van der Waals surface area contributed by atoms with Crippen LogP contribution in [0.15, 0.2) is 30.3 Å². The standard InChI is InChI=1S/C14H16F3NO/c15-14(16,17)13(19)12-8-4-5-9-18(12)10-11-6-2-1-3-7-11/h1-3,6-7,12H,4-5,8-10H2. The van der Waals surface area contributed by atoms with E-state index in [4.69, 9.17) is 0 Å². The van der Waals surface area contributed by atoms with E-state index in [-0.39, 0.29) is 0 Å². The monoisotopic (exact) mass is 271 g/mol. The van der Waals surface area contributed by atoms with Crippen molar-refractivity contribution in [3.8, 4) is 0 Å². The van der Waals surface area contributed by atoms with E-state index in [9.17, 15) is 18.0 Å². The van der Waals surface area contributed by atoms with Crippen LogP contribution < -0.4 is 0 Å². The van der Waals surface area contributed by atoms with Gasteiger partial charge >= 0.3 is 6.18 Å². The van der Waals surface area contributed by atoms with E-state index in [1.54, 1.807) is 4.90 Å². The molecule has 1 aromatic rings. The number of hydrogen-bond donors (Lipinski definition) is 0. The number of piperidine rings is 1. The number of Topliss-reactive ketones (excluding diaryl/α,β-unsaturated/α-hetero) is 1. The molecule has 0 N–H and O–H groups in total. The number of nitrogens with zero attached hydrogens (tertiary/aromatic N) is 1. The molecule has 1 aliphatic rings. The van der Waals surface area contributed by atoms with Crippen LogP contribution in [0.3, 0.4) is 0 Å². The third-order valence-corrected chi connectivity index (χ3v) is 3.42. The van der Waals surface area contributed by atoms with E-state index in [0.717, 1.165) is 12.0 Å². The second-order valence-corrected chi connectivity index (χ2v) is 4.83. The first kappa shape index (κ1) is 14.1. The van der Waals surface area contributed by atoms with Crippen LogP contribution in [0.2, 0.25) is 0 Å². The average Bonchev–Trinajstić information content (AvgIpc) is 2.39. The molecule has 19 heavy (non-hydrogen) atoms. The Labute approximate surface area is 110 Å². The molecular weight excluding hydrogens is 255 g/mol. The van der Waals surface area contributed by atoms with Gasteiger partial charge in [0.15, 0.2) is 0 Å². The van der Waals surface area contributed by atoms with Gasteiger partial charge in [0.2, 0.25) is 0 Å². The zero-order chi connectivity index (χ0) is 13.9. The Hall–Kier alpha value is -1.36. The zero-order valence-corrected chi connectivity index (χ0v) is 10.5. The normalized spacial score (nSPS) is 21.3. The number of ketones is 1. The average molecular weight is 271 g/mol. The predicted octanol–water partition coefficient (Wildman–Crippen LogP) is 3.17. The molecule has 1 atom stereocenters. The Bertz CT molecular complexity index is 430. The second-order valence-electron chi connectivity index (χ2n) is 4.83. The number of hydrogen-bond acceptors (Lipinski definition) is 2. The molecular formula is C14H16F3NO. The van der Waals surface area contributed by atoms with Gasteiger partial charge in [0.05, 0.1) is 6.04 Å². The number of halogens is 3. The summed E-state index contributed by atoms with van der Waals surface area (Å²) in [5.41, 5.74) is 0.935. The summed E-state index contributed by atoms with van der Waals surface area (Å²) < 4.78 is 37.7. The van der Waals surface area contributed by atoms with Crippen LogP contribution in [0.25, 0.3) is 0 Å².